The van der Waals surface area contributed by atoms with Gasteiger partial charge in [0.2, 0.25) is 0 Å². The summed E-state index contributed by atoms with van der Waals surface area (Å²) in [7, 11) is 1.75. The van der Waals surface area contributed by atoms with Crippen molar-refractivity contribution in [1.82, 2.24) is 4.90 Å². The first kappa shape index (κ1) is 8.82. The lowest BCUT2D eigenvalue weighted by Crippen LogP contribution is -2.25. The van der Waals surface area contributed by atoms with Gasteiger partial charge in [-0.25, -0.2) is 0 Å². The first-order valence-electron chi connectivity index (χ1n) is 2.98. The van der Waals surface area contributed by atoms with Crippen LogP contribution in [0.1, 0.15) is 13.8 Å². The van der Waals surface area contributed by atoms with Crippen LogP contribution >= 0.6 is 12.6 Å². The summed E-state index contributed by atoms with van der Waals surface area (Å²) in [5.41, 5.74) is 0. The molecule has 0 fully saturated rings. The van der Waals surface area contributed by atoms with Crippen molar-refractivity contribution in [2.75, 3.05) is 13.6 Å². The molecule has 0 spiro atoms. The molecule has 1 amide bonds. The molecule has 0 atom stereocenters. The van der Waals surface area contributed by atoms with Crippen LogP contribution in [0.3, 0.4) is 0 Å². The van der Waals surface area contributed by atoms with Crippen molar-refractivity contribution in [2.45, 2.75) is 13.8 Å². The Labute approximate surface area is 61.6 Å². The molecule has 0 aromatic rings. The third kappa shape index (κ3) is 4.33. The molecule has 0 aromatic carbocycles. The Morgan fingerprint density at radius 1 is 1.67 bits per heavy atom. The summed E-state index contributed by atoms with van der Waals surface area (Å²) in [6.07, 6.45) is 0. The van der Waals surface area contributed by atoms with E-state index in [-0.39, 0.29) is 5.24 Å². The van der Waals surface area contributed by atoms with Gasteiger partial charge in [-0.15, -0.1) is 0 Å². The van der Waals surface area contributed by atoms with Crippen LogP contribution in [-0.4, -0.2) is 23.7 Å². The van der Waals surface area contributed by atoms with Gasteiger partial charge in [-0.1, -0.05) is 26.5 Å². The van der Waals surface area contributed by atoms with Crippen LogP contribution in [0.5, 0.6) is 0 Å². The topological polar surface area (TPSA) is 20.3 Å². The maximum Gasteiger partial charge on any atom is 0.278 e. The first-order chi connectivity index (χ1) is 4.04. The SMILES string of the molecule is CC(C)CN(C)C(=O)S. The number of carbonyl (C=O) groups excluding carboxylic acids is 1. The Hall–Kier alpha value is -0.180. The highest BCUT2D eigenvalue weighted by atomic mass is 32.1. The van der Waals surface area contributed by atoms with Gasteiger partial charge >= 0.3 is 0 Å². The van der Waals surface area contributed by atoms with Crippen LogP contribution in [0.4, 0.5) is 4.79 Å². The van der Waals surface area contributed by atoms with E-state index in [4.69, 9.17) is 0 Å². The molecule has 54 valence electrons. The van der Waals surface area contributed by atoms with E-state index in [9.17, 15) is 4.79 Å². The molecule has 0 aliphatic rings. The molecule has 0 saturated heterocycles. The fourth-order valence-electron chi connectivity index (χ4n) is 0.626. The average molecular weight is 147 g/mol. The van der Waals surface area contributed by atoms with Gasteiger partial charge in [-0.3, -0.25) is 4.79 Å². The average Bonchev–Trinajstić information content (AvgIpc) is 1.63. The summed E-state index contributed by atoms with van der Waals surface area (Å²) in [5.74, 6) is 0.520. The molecule has 0 aliphatic carbocycles. The standard InChI is InChI=1S/C6H13NOS/c1-5(2)4-7(3)6(8)9/h5H,4H2,1-3H3,(H,8,9). The predicted octanol–water partition coefficient (Wildman–Crippen LogP) is 1.62. The molecule has 0 heterocycles. The summed E-state index contributed by atoms with van der Waals surface area (Å²) >= 11 is 3.65. The fraction of sp³-hybridized carbons (Fsp3) is 0.833. The lowest BCUT2D eigenvalue weighted by atomic mass is 10.2. The van der Waals surface area contributed by atoms with Gasteiger partial charge in [-0.05, 0) is 5.92 Å². The Morgan fingerprint density at radius 2 is 2.11 bits per heavy atom. The Balaban J connectivity index is 3.50. The summed E-state index contributed by atoms with van der Waals surface area (Å²) in [6.45, 7) is 4.91. The fourth-order valence-corrected chi connectivity index (χ4v) is 0.707. The van der Waals surface area contributed by atoms with E-state index in [0.717, 1.165) is 6.54 Å². The van der Waals surface area contributed by atoms with Crippen LogP contribution in [0.2, 0.25) is 0 Å². The number of amides is 1. The second-order valence-electron chi connectivity index (χ2n) is 2.56. The maximum atomic E-state index is 10.5. The molecule has 0 saturated carbocycles. The van der Waals surface area contributed by atoms with Crippen LogP contribution in [0.15, 0.2) is 0 Å². The highest BCUT2D eigenvalue weighted by Gasteiger charge is 2.03. The quantitative estimate of drug-likeness (QED) is 0.588. The summed E-state index contributed by atoms with van der Waals surface area (Å²) in [6, 6.07) is 0. The zero-order valence-corrected chi connectivity index (χ0v) is 6.98. The molecular weight excluding hydrogens is 134 g/mol. The van der Waals surface area contributed by atoms with Crippen LogP contribution < -0.4 is 0 Å². The largest absolute Gasteiger partial charge is 0.337 e. The third-order valence-corrected chi connectivity index (χ3v) is 1.31. The Kier molecular flexibility index (Phi) is 3.70. The number of thiol groups is 1. The lowest BCUT2D eigenvalue weighted by Gasteiger charge is -2.15. The lowest BCUT2D eigenvalue weighted by molar-refractivity contribution is 0.228. The monoisotopic (exact) mass is 147 g/mol. The zero-order valence-electron chi connectivity index (χ0n) is 6.09. The number of hydrogen-bond acceptors (Lipinski definition) is 1. The van der Waals surface area contributed by atoms with E-state index >= 15 is 0 Å². The van der Waals surface area contributed by atoms with E-state index in [2.05, 4.69) is 26.5 Å². The Morgan fingerprint density at radius 3 is 2.22 bits per heavy atom. The van der Waals surface area contributed by atoms with Gasteiger partial charge in [0.05, 0.1) is 0 Å². The van der Waals surface area contributed by atoms with E-state index in [1.54, 1.807) is 11.9 Å². The molecule has 0 aliphatic heterocycles. The van der Waals surface area contributed by atoms with Crippen molar-refractivity contribution in [1.29, 1.82) is 0 Å². The van der Waals surface area contributed by atoms with Crippen molar-refractivity contribution in [2.24, 2.45) is 5.92 Å². The Bertz CT molecular complexity index is 103. The van der Waals surface area contributed by atoms with E-state index in [1.165, 1.54) is 0 Å². The molecule has 0 N–H and O–H groups in total. The third-order valence-electron chi connectivity index (χ3n) is 0.966. The molecule has 0 rings (SSSR count). The van der Waals surface area contributed by atoms with Gasteiger partial charge in [0.25, 0.3) is 5.24 Å². The van der Waals surface area contributed by atoms with Gasteiger partial charge in [0.15, 0.2) is 0 Å². The number of rotatable bonds is 2. The number of nitrogens with zero attached hydrogens (tertiary/aromatic N) is 1. The normalized spacial score (nSPS) is 9.89. The van der Waals surface area contributed by atoms with Gasteiger partial charge in [0, 0.05) is 13.6 Å². The minimum Gasteiger partial charge on any atom is -0.337 e. The zero-order chi connectivity index (χ0) is 7.44. The first-order valence-corrected chi connectivity index (χ1v) is 3.42. The van der Waals surface area contributed by atoms with Crippen molar-refractivity contribution < 1.29 is 4.79 Å². The van der Waals surface area contributed by atoms with Gasteiger partial charge in [-0.2, -0.15) is 0 Å². The number of carbonyl (C=O) groups is 1. The van der Waals surface area contributed by atoms with Crippen molar-refractivity contribution in [3.63, 3.8) is 0 Å². The van der Waals surface area contributed by atoms with E-state index < -0.39 is 0 Å². The molecule has 0 radical (unpaired) electrons. The molecule has 3 heteroatoms. The second-order valence-corrected chi connectivity index (χ2v) is 2.94. The molecule has 0 aromatic heterocycles. The van der Waals surface area contributed by atoms with Crippen LogP contribution in [0, 0.1) is 5.92 Å². The summed E-state index contributed by atoms with van der Waals surface area (Å²) < 4.78 is 0. The van der Waals surface area contributed by atoms with Crippen LogP contribution in [-0.2, 0) is 0 Å². The van der Waals surface area contributed by atoms with Gasteiger partial charge in [0.1, 0.15) is 0 Å². The molecule has 2 nitrogen and oxygen atoms in total. The predicted molar refractivity (Wildman–Crippen MR) is 41.9 cm³/mol. The van der Waals surface area contributed by atoms with Gasteiger partial charge < -0.3 is 4.90 Å². The molecule has 9 heavy (non-hydrogen) atoms. The highest BCUT2D eigenvalue weighted by Crippen LogP contribution is 1.98. The van der Waals surface area contributed by atoms with E-state index in [0.29, 0.717) is 5.92 Å². The maximum absolute atomic E-state index is 10.5. The van der Waals surface area contributed by atoms with E-state index in [1.807, 2.05) is 0 Å². The van der Waals surface area contributed by atoms with Crippen molar-refractivity contribution in [3.8, 4) is 0 Å². The van der Waals surface area contributed by atoms with Crippen molar-refractivity contribution >= 4 is 17.9 Å². The van der Waals surface area contributed by atoms with Crippen molar-refractivity contribution in [3.05, 3.63) is 0 Å². The number of hydrogen-bond donors (Lipinski definition) is 1. The summed E-state index contributed by atoms with van der Waals surface area (Å²) in [5, 5.41) is -0.163. The second kappa shape index (κ2) is 3.77. The molecular formula is C6H13NOS. The minimum absolute atomic E-state index is 0.163. The molecule has 0 bridgehead atoms. The smallest absolute Gasteiger partial charge is 0.278 e. The molecule has 0 unspecified atom stereocenters. The highest BCUT2D eigenvalue weighted by molar-refractivity contribution is 7.96. The van der Waals surface area contributed by atoms with Crippen LogP contribution in [0.25, 0.3) is 0 Å². The minimum atomic E-state index is -0.163. The summed E-state index contributed by atoms with van der Waals surface area (Å²) in [4.78, 5) is 12.1.